The van der Waals surface area contributed by atoms with E-state index in [0.29, 0.717) is 0 Å². The molecule has 0 nitrogen and oxygen atoms in total. The van der Waals surface area contributed by atoms with E-state index in [4.69, 9.17) is 0 Å². The molecule has 0 aromatic heterocycles. The summed E-state index contributed by atoms with van der Waals surface area (Å²) in [6.07, 6.45) is 1.81. The Morgan fingerprint density at radius 3 is 2.35 bits per heavy atom. The average molecular weight is 400 g/mol. The number of hydrogen-bond acceptors (Lipinski definition) is 0. The Kier molecular flexibility index (Phi) is 5.39. The third-order valence-electron chi connectivity index (χ3n) is 3.78. The molecule has 0 saturated carbocycles. The van der Waals surface area contributed by atoms with Crippen LogP contribution in [0.4, 0.5) is 4.39 Å². The SMILES string of the molecule is CCC(CBr)(Cc1cc(F)cc(Br)c1)c1ccccc1. The van der Waals surface area contributed by atoms with Crippen LogP contribution >= 0.6 is 31.9 Å². The van der Waals surface area contributed by atoms with Crippen molar-refractivity contribution in [3.63, 3.8) is 0 Å². The molecule has 0 bridgehead atoms. The molecular weight excluding hydrogens is 383 g/mol. The van der Waals surface area contributed by atoms with E-state index in [9.17, 15) is 4.39 Å². The van der Waals surface area contributed by atoms with E-state index in [1.165, 1.54) is 11.6 Å². The first-order valence-corrected chi connectivity index (χ1v) is 8.57. The van der Waals surface area contributed by atoms with E-state index in [1.54, 1.807) is 6.07 Å². The van der Waals surface area contributed by atoms with E-state index >= 15 is 0 Å². The molecule has 2 aromatic rings. The Morgan fingerprint density at radius 2 is 1.80 bits per heavy atom. The van der Waals surface area contributed by atoms with Crippen LogP contribution in [0, 0.1) is 5.82 Å². The van der Waals surface area contributed by atoms with E-state index < -0.39 is 0 Å². The molecule has 1 atom stereocenters. The van der Waals surface area contributed by atoms with Gasteiger partial charge in [0.25, 0.3) is 0 Å². The van der Waals surface area contributed by atoms with E-state index in [2.05, 4.69) is 63.0 Å². The summed E-state index contributed by atoms with van der Waals surface area (Å²) >= 11 is 7.03. The fourth-order valence-corrected chi connectivity index (χ4v) is 3.98. The monoisotopic (exact) mass is 398 g/mol. The molecule has 3 heteroatoms. The van der Waals surface area contributed by atoms with Crippen molar-refractivity contribution in [2.75, 3.05) is 5.33 Å². The number of hydrogen-bond donors (Lipinski definition) is 0. The maximum atomic E-state index is 13.6. The smallest absolute Gasteiger partial charge is 0.124 e. The van der Waals surface area contributed by atoms with Crippen LogP contribution in [0.3, 0.4) is 0 Å². The quantitative estimate of drug-likeness (QED) is 0.551. The molecule has 2 aromatic carbocycles. The maximum absolute atomic E-state index is 13.6. The standard InChI is InChI=1S/C17H17Br2F/c1-2-17(12-18,14-6-4-3-5-7-14)11-13-8-15(19)10-16(20)9-13/h3-10H,2,11-12H2,1H3. The Bertz CT molecular complexity index is 542. The number of alkyl halides is 1. The van der Waals surface area contributed by atoms with Crippen molar-refractivity contribution in [3.05, 3.63) is 69.9 Å². The van der Waals surface area contributed by atoms with E-state index in [-0.39, 0.29) is 11.2 Å². The Hall–Kier alpha value is -0.670. The first kappa shape index (κ1) is 15.7. The summed E-state index contributed by atoms with van der Waals surface area (Å²) < 4.78 is 14.4. The first-order valence-electron chi connectivity index (χ1n) is 6.66. The van der Waals surface area contributed by atoms with Crippen LogP contribution in [0.1, 0.15) is 24.5 Å². The fraction of sp³-hybridized carbons (Fsp3) is 0.294. The van der Waals surface area contributed by atoms with Crippen molar-refractivity contribution in [1.82, 2.24) is 0 Å². The summed E-state index contributed by atoms with van der Waals surface area (Å²) in [5, 5.41) is 0.856. The second-order valence-electron chi connectivity index (χ2n) is 5.09. The first-order chi connectivity index (χ1) is 9.59. The highest BCUT2D eigenvalue weighted by molar-refractivity contribution is 9.10. The predicted molar refractivity (Wildman–Crippen MR) is 90.0 cm³/mol. The molecule has 0 aliphatic carbocycles. The molecule has 106 valence electrons. The highest BCUT2D eigenvalue weighted by atomic mass is 79.9. The van der Waals surface area contributed by atoms with Crippen molar-refractivity contribution in [1.29, 1.82) is 0 Å². The van der Waals surface area contributed by atoms with Crippen molar-refractivity contribution in [3.8, 4) is 0 Å². The third kappa shape index (κ3) is 3.50. The Labute approximate surface area is 136 Å². The van der Waals surface area contributed by atoms with Gasteiger partial charge in [-0.05, 0) is 42.2 Å². The summed E-state index contributed by atoms with van der Waals surface area (Å²) in [7, 11) is 0. The molecule has 0 aliphatic rings. The number of benzene rings is 2. The Morgan fingerprint density at radius 1 is 1.10 bits per heavy atom. The van der Waals surface area contributed by atoms with Gasteiger partial charge in [-0.2, -0.15) is 0 Å². The normalized spacial score (nSPS) is 14.0. The predicted octanol–water partition coefficient (Wildman–Crippen LogP) is 5.87. The van der Waals surface area contributed by atoms with Gasteiger partial charge < -0.3 is 0 Å². The maximum Gasteiger partial charge on any atom is 0.124 e. The lowest BCUT2D eigenvalue weighted by Crippen LogP contribution is -2.30. The minimum atomic E-state index is -0.193. The van der Waals surface area contributed by atoms with Gasteiger partial charge in [-0.25, -0.2) is 4.39 Å². The van der Waals surface area contributed by atoms with Gasteiger partial charge >= 0.3 is 0 Å². The zero-order chi connectivity index (χ0) is 14.6. The van der Waals surface area contributed by atoms with Crippen LogP contribution in [0.15, 0.2) is 53.0 Å². The lowest BCUT2D eigenvalue weighted by molar-refractivity contribution is 0.463. The minimum Gasteiger partial charge on any atom is -0.207 e. The van der Waals surface area contributed by atoms with Crippen LogP contribution in [0.25, 0.3) is 0 Å². The van der Waals surface area contributed by atoms with Gasteiger partial charge in [0, 0.05) is 15.2 Å². The summed E-state index contributed by atoms with van der Waals surface area (Å²) in [5.41, 5.74) is 2.30. The highest BCUT2D eigenvalue weighted by Gasteiger charge is 2.29. The van der Waals surface area contributed by atoms with Crippen LogP contribution in [0.2, 0.25) is 0 Å². The zero-order valence-corrected chi connectivity index (χ0v) is 14.5. The molecule has 0 spiro atoms. The van der Waals surface area contributed by atoms with Gasteiger partial charge in [-0.15, -0.1) is 0 Å². The molecule has 0 heterocycles. The number of halogens is 3. The summed E-state index contributed by atoms with van der Waals surface area (Å²) in [5.74, 6) is -0.193. The lowest BCUT2D eigenvalue weighted by Gasteiger charge is -2.32. The molecule has 1 unspecified atom stereocenters. The molecule has 0 fully saturated rings. The molecule has 20 heavy (non-hydrogen) atoms. The fourth-order valence-electron chi connectivity index (χ4n) is 2.55. The largest absolute Gasteiger partial charge is 0.207 e. The molecule has 0 saturated heterocycles. The van der Waals surface area contributed by atoms with Crippen LogP contribution in [-0.4, -0.2) is 5.33 Å². The highest BCUT2D eigenvalue weighted by Crippen LogP contribution is 2.34. The van der Waals surface area contributed by atoms with Gasteiger partial charge in [-0.1, -0.05) is 69.1 Å². The zero-order valence-electron chi connectivity index (χ0n) is 11.4. The molecule has 0 amide bonds. The summed E-state index contributed by atoms with van der Waals surface area (Å²) in [4.78, 5) is 0. The second kappa shape index (κ2) is 6.86. The molecule has 0 radical (unpaired) electrons. The van der Waals surface area contributed by atoms with Crippen molar-refractivity contribution in [2.24, 2.45) is 0 Å². The average Bonchev–Trinajstić information content (AvgIpc) is 2.45. The van der Waals surface area contributed by atoms with Crippen LogP contribution in [0.5, 0.6) is 0 Å². The Balaban J connectivity index is 2.39. The number of rotatable bonds is 5. The van der Waals surface area contributed by atoms with Gasteiger partial charge in [0.05, 0.1) is 0 Å². The van der Waals surface area contributed by atoms with Crippen molar-refractivity contribution >= 4 is 31.9 Å². The third-order valence-corrected chi connectivity index (χ3v) is 5.31. The van der Waals surface area contributed by atoms with Gasteiger partial charge in [-0.3, -0.25) is 0 Å². The molecule has 2 rings (SSSR count). The van der Waals surface area contributed by atoms with Gasteiger partial charge in [0.15, 0.2) is 0 Å². The van der Waals surface area contributed by atoms with E-state index in [0.717, 1.165) is 28.2 Å². The minimum absolute atomic E-state index is 0.00546. The topological polar surface area (TPSA) is 0 Å². The van der Waals surface area contributed by atoms with Crippen LogP contribution < -0.4 is 0 Å². The molecular formula is C17H17Br2F. The van der Waals surface area contributed by atoms with Crippen molar-refractivity contribution < 1.29 is 4.39 Å². The lowest BCUT2D eigenvalue weighted by atomic mass is 9.75. The second-order valence-corrected chi connectivity index (χ2v) is 6.56. The molecule has 0 N–H and O–H groups in total. The van der Waals surface area contributed by atoms with Crippen LogP contribution in [-0.2, 0) is 11.8 Å². The molecule has 0 aliphatic heterocycles. The summed E-state index contributed by atoms with van der Waals surface area (Å²) in [6.45, 7) is 2.18. The summed E-state index contributed by atoms with van der Waals surface area (Å²) in [6, 6.07) is 15.6. The van der Waals surface area contributed by atoms with Crippen molar-refractivity contribution in [2.45, 2.75) is 25.2 Å². The van der Waals surface area contributed by atoms with Gasteiger partial charge in [0.2, 0.25) is 0 Å². The van der Waals surface area contributed by atoms with Gasteiger partial charge in [0.1, 0.15) is 5.82 Å². The van der Waals surface area contributed by atoms with E-state index in [1.807, 2.05) is 12.1 Å².